The second kappa shape index (κ2) is 40.4. The fourth-order valence-electron chi connectivity index (χ4n) is 6.00. The van der Waals surface area contributed by atoms with Gasteiger partial charge in [0.25, 0.3) is 0 Å². The van der Waals surface area contributed by atoms with Gasteiger partial charge in [0.15, 0.2) is 0 Å². The summed E-state index contributed by atoms with van der Waals surface area (Å²) in [4.78, 5) is 1.89. The highest BCUT2D eigenvalue weighted by atomic mass is 32.2. The van der Waals surface area contributed by atoms with E-state index in [2.05, 4.69) is 42.9 Å². The fourth-order valence-corrected chi connectivity index (χ4v) is 6.77. The van der Waals surface area contributed by atoms with Crippen LogP contribution in [0.5, 0.6) is 0 Å². The first-order valence-electron chi connectivity index (χ1n) is 21.7. The maximum atomic E-state index is 12.3. The second-order valence-corrected chi connectivity index (χ2v) is 16.3. The monoisotopic (exact) mass is 743 g/mol. The summed E-state index contributed by atoms with van der Waals surface area (Å²) in [6.07, 6.45) is 45.0. The van der Waals surface area contributed by atoms with E-state index in [1.807, 2.05) is 19.0 Å². The third kappa shape index (κ3) is 41.8. The Bertz CT molecular complexity index is 849. The fraction of sp³-hybridized carbons (Fsp3) is 0.907. The van der Waals surface area contributed by atoms with E-state index in [4.69, 9.17) is 13.7 Å². The van der Waals surface area contributed by atoms with Crippen molar-refractivity contribution >= 4 is 10.3 Å². The van der Waals surface area contributed by atoms with Crippen molar-refractivity contribution in [3.63, 3.8) is 0 Å². The highest BCUT2D eigenvalue weighted by Crippen LogP contribution is 2.12. The lowest BCUT2D eigenvalue weighted by Crippen LogP contribution is -2.38. The van der Waals surface area contributed by atoms with Crippen LogP contribution in [0.15, 0.2) is 24.3 Å². The molecule has 0 rings (SSSR count). The molecule has 0 spiro atoms. The zero-order valence-corrected chi connectivity index (χ0v) is 35.1. The number of nitrogens with zero attached hydrogens (tertiary/aromatic N) is 1. The number of hydrogen-bond acceptors (Lipinski definition) is 6. The van der Waals surface area contributed by atoms with Crippen molar-refractivity contribution < 1.29 is 22.1 Å². The molecule has 8 heteroatoms. The molecule has 0 aromatic rings. The Labute approximate surface area is 318 Å². The maximum absolute atomic E-state index is 12.3. The van der Waals surface area contributed by atoms with Gasteiger partial charge in [0, 0.05) is 26.3 Å². The first kappa shape index (κ1) is 50.2. The first-order chi connectivity index (χ1) is 24.9. The van der Waals surface area contributed by atoms with E-state index in [-0.39, 0.29) is 19.3 Å². The van der Waals surface area contributed by atoms with E-state index < -0.39 is 10.3 Å². The average Bonchev–Trinajstić information content (AvgIpc) is 3.10. The predicted octanol–water partition coefficient (Wildman–Crippen LogP) is 11.9. The average molecular weight is 743 g/mol. The number of hydrogen-bond donors (Lipinski definition) is 1. The predicted molar refractivity (Wildman–Crippen MR) is 221 cm³/mol. The van der Waals surface area contributed by atoms with Crippen LogP contribution in [0.2, 0.25) is 0 Å². The molecule has 0 bridgehead atoms. The molecule has 0 aliphatic heterocycles. The van der Waals surface area contributed by atoms with Gasteiger partial charge in [-0.05, 0) is 78.3 Å². The zero-order chi connectivity index (χ0) is 37.4. The Morgan fingerprint density at radius 2 is 0.922 bits per heavy atom. The lowest BCUT2D eigenvalue weighted by atomic mass is 10.1. The minimum atomic E-state index is -3.82. The summed E-state index contributed by atoms with van der Waals surface area (Å²) < 4.78 is 44.4. The number of ether oxygens (including phenoxy) is 2. The van der Waals surface area contributed by atoms with E-state index in [0.29, 0.717) is 26.4 Å². The van der Waals surface area contributed by atoms with Crippen LogP contribution in [-0.4, -0.2) is 73.0 Å². The van der Waals surface area contributed by atoms with Crippen LogP contribution < -0.4 is 4.72 Å². The molecule has 304 valence electrons. The smallest absolute Gasteiger partial charge is 0.335 e. The number of nitrogens with one attached hydrogen (secondary N) is 1. The summed E-state index contributed by atoms with van der Waals surface area (Å²) in [7, 11) is -0.0451. The molecule has 0 amide bonds. The molecule has 0 fully saturated rings. The summed E-state index contributed by atoms with van der Waals surface area (Å²) in [5, 5.41) is 0. The molecule has 0 aliphatic rings. The Balaban J connectivity index is 4.05. The van der Waals surface area contributed by atoms with E-state index in [9.17, 15) is 8.42 Å². The van der Waals surface area contributed by atoms with Crippen molar-refractivity contribution in [2.45, 2.75) is 200 Å². The molecular formula is C43H86N2O5S. The van der Waals surface area contributed by atoms with Gasteiger partial charge in [-0.2, -0.15) is 13.1 Å². The van der Waals surface area contributed by atoms with Crippen molar-refractivity contribution in [1.29, 1.82) is 0 Å². The Morgan fingerprint density at radius 3 is 1.35 bits per heavy atom. The molecule has 0 saturated heterocycles. The summed E-state index contributed by atoms with van der Waals surface area (Å²) in [6.45, 7) is 7.05. The molecule has 0 heterocycles. The molecule has 0 aromatic heterocycles. The van der Waals surface area contributed by atoms with Crippen LogP contribution in [0.25, 0.3) is 0 Å². The SMILES string of the molecule is CCCCCCCCC=CCCCCCCCCOCC(CNS(=O)(=O)OCCN(C)C)OCCCCCCCCC=CCCCCCCCC. The zero-order valence-electron chi connectivity index (χ0n) is 34.3. The van der Waals surface area contributed by atoms with Gasteiger partial charge in [-0.1, -0.05) is 154 Å². The minimum Gasteiger partial charge on any atom is -0.379 e. The van der Waals surface area contributed by atoms with Crippen LogP contribution in [0.3, 0.4) is 0 Å². The van der Waals surface area contributed by atoms with Crippen molar-refractivity contribution in [2.75, 3.05) is 53.6 Å². The molecule has 0 saturated carbocycles. The standard InChI is InChI=1S/C43H86N2O5S/c1-5-7-9-11-13-15-17-19-21-23-25-27-29-31-33-35-38-48-42-43(41-44-51(46,47)50-40-37-45(3)4)49-39-36-34-32-30-28-26-24-22-20-18-16-14-12-10-8-6-2/h19-22,43-44H,5-18,23-42H2,1-4H3. The number of rotatable bonds is 42. The summed E-state index contributed by atoms with van der Waals surface area (Å²) >= 11 is 0. The van der Waals surface area contributed by atoms with Gasteiger partial charge in [-0.25, -0.2) is 0 Å². The summed E-state index contributed by atoms with van der Waals surface area (Å²) in [6, 6.07) is 0. The van der Waals surface area contributed by atoms with Gasteiger partial charge in [0.1, 0.15) is 0 Å². The molecule has 1 N–H and O–H groups in total. The first-order valence-corrected chi connectivity index (χ1v) is 23.1. The Kier molecular flexibility index (Phi) is 39.8. The highest BCUT2D eigenvalue weighted by molar-refractivity contribution is 7.84. The summed E-state index contributed by atoms with van der Waals surface area (Å²) in [5.41, 5.74) is 0. The van der Waals surface area contributed by atoms with Crippen LogP contribution in [0, 0.1) is 0 Å². The van der Waals surface area contributed by atoms with Gasteiger partial charge in [0.2, 0.25) is 0 Å². The molecule has 51 heavy (non-hydrogen) atoms. The van der Waals surface area contributed by atoms with Crippen LogP contribution >= 0.6 is 0 Å². The van der Waals surface area contributed by atoms with Crippen LogP contribution in [0.1, 0.15) is 194 Å². The quantitative estimate of drug-likeness (QED) is 0.0496. The molecule has 0 aromatic carbocycles. The molecular weight excluding hydrogens is 657 g/mol. The number of allylic oxidation sites excluding steroid dienone is 4. The van der Waals surface area contributed by atoms with Crippen molar-refractivity contribution in [1.82, 2.24) is 9.62 Å². The molecule has 1 unspecified atom stereocenters. The number of likely N-dealkylation sites (N-methyl/N-ethyl adjacent to an activating group) is 1. The van der Waals surface area contributed by atoms with Crippen molar-refractivity contribution in [3.05, 3.63) is 24.3 Å². The van der Waals surface area contributed by atoms with Gasteiger partial charge >= 0.3 is 10.3 Å². The highest BCUT2D eigenvalue weighted by Gasteiger charge is 2.16. The third-order valence-electron chi connectivity index (χ3n) is 9.38. The van der Waals surface area contributed by atoms with Gasteiger partial charge in [0.05, 0.1) is 19.3 Å². The molecule has 0 radical (unpaired) electrons. The van der Waals surface area contributed by atoms with Crippen molar-refractivity contribution in [2.24, 2.45) is 0 Å². The van der Waals surface area contributed by atoms with Crippen LogP contribution in [0.4, 0.5) is 0 Å². The van der Waals surface area contributed by atoms with E-state index in [1.165, 1.54) is 161 Å². The second-order valence-electron chi connectivity index (χ2n) is 14.9. The Hall–Kier alpha value is -0.770. The van der Waals surface area contributed by atoms with E-state index in [0.717, 1.165) is 19.3 Å². The van der Waals surface area contributed by atoms with Gasteiger partial charge in [-0.15, -0.1) is 0 Å². The lowest BCUT2D eigenvalue weighted by Gasteiger charge is -2.19. The Morgan fingerprint density at radius 1 is 0.529 bits per heavy atom. The minimum absolute atomic E-state index is 0.121. The van der Waals surface area contributed by atoms with Gasteiger partial charge in [-0.3, -0.25) is 4.18 Å². The van der Waals surface area contributed by atoms with E-state index in [1.54, 1.807) is 0 Å². The van der Waals surface area contributed by atoms with Crippen molar-refractivity contribution in [3.8, 4) is 0 Å². The summed E-state index contributed by atoms with van der Waals surface area (Å²) in [5.74, 6) is 0. The largest absolute Gasteiger partial charge is 0.379 e. The molecule has 7 nitrogen and oxygen atoms in total. The number of unbranched alkanes of at least 4 members (excludes halogenated alkanes) is 24. The van der Waals surface area contributed by atoms with Gasteiger partial charge < -0.3 is 14.4 Å². The maximum Gasteiger partial charge on any atom is 0.335 e. The van der Waals surface area contributed by atoms with E-state index >= 15 is 0 Å². The topological polar surface area (TPSA) is 77.1 Å². The third-order valence-corrected chi connectivity index (χ3v) is 10.4. The molecule has 0 aliphatic carbocycles. The normalized spacial score (nSPS) is 13.0. The molecule has 1 atom stereocenters. The van der Waals surface area contributed by atoms with Crippen LogP contribution in [-0.2, 0) is 24.0 Å². The lowest BCUT2D eigenvalue weighted by molar-refractivity contribution is -0.0155.